The standard InChI is InChI=1S/C14H26N4O/c1-6-7-15-11-9-19-8-10(11)12-16-13(14(2,3)4)17-18(12)5/h10-11,15H,6-9H2,1-5H3. The Kier molecular flexibility index (Phi) is 4.26. The van der Waals surface area contributed by atoms with Gasteiger partial charge in [0.15, 0.2) is 5.82 Å². The van der Waals surface area contributed by atoms with E-state index in [9.17, 15) is 0 Å². The van der Waals surface area contributed by atoms with E-state index in [1.807, 2.05) is 11.7 Å². The Balaban J connectivity index is 2.18. The van der Waals surface area contributed by atoms with Gasteiger partial charge in [0.25, 0.3) is 0 Å². The maximum atomic E-state index is 5.63. The van der Waals surface area contributed by atoms with Gasteiger partial charge in [-0.15, -0.1) is 0 Å². The van der Waals surface area contributed by atoms with Crippen LogP contribution in [0, 0.1) is 0 Å². The van der Waals surface area contributed by atoms with Crippen LogP contribution in [0.5, 0.6) is 0 Å². The third kappa shape index (κ3) is 3.15. The van der Waals surface area contributed by atoms with Crippen molar-refractivity contribution in [2.45, 2.75) is 51.5 Å². The summed E-state index contributed by atoms with van der Waals surface area (Å²) in [6.07, 6.45) is 1.13. The molecule has 1 N–H and O–H groups in total. The van der Waals surface area contributed by atoms with Crippen molar-refractivity contribution in [3.8, 4) is 0 Å². The predicted octanol–water partition coefficient (Wildman–Crippen LogP) is 1.59. The largest absolute Gasteiger partial charge is 0.379 e. The Morgan fingerprint density at radius 3 is 2.68 bits per heavy atom. The summed E-state index contributed by atoms with van der Waals surface area (Å²) in [6, 6.07) is 0.357. The molecule has 1 aromatic heterocycles. The molecule has 0 amide bonds. The summed E-state index contributed by atoms with van der Waals surface area (Å²) in [5.74, 6) is 2.25. The van der Waals surface area contributed by atoms with Gasteiger partial charge >= 0.3 is 0 Å². The van der Waals surface area contributed by atoms with Crippen LogP contribution < -0.4 is 5.32 Å². The van der Waals surface area contributed by atoms with Gasteiger partial charge in [0, 0.05) is 18.5 Å². The fourth-order valence-electron chi connectivity index (χ4n) is 2.38. The number of nitrogens with zero attached hydrogens (tertiary/aromatic N) is 3. The van der Waals surface area contributed by atoms with Crippen LogP contribution in [0.1, 0.15) is 51.7 Å². The molecule has 5 nitrogen and oxygen atoms in total. The van der Waals surface area contributed by atoms with Crippen molar-refractivity contribution in [3.05, 3.63) is 11.6 Å². The van der Waals surface area contributed by atoms with Gasteiger partial charge < -0.3 is 10.1 Å². The summed E-state index contributed by atoms with van der Waals surface area (Å²) in [6.45, 7) is 11.1. The summed E-state index contributed by atoms with van der Waals surface area (Å²) in [5, 5.41) is 8.11. The zero-order valence-corrected chi connectivity index (χ0v) is 12.7. The van der Waals surface area contributed by atoms with Gasteiger partial charge in [0.1, 0.15) is 5.82 Å². The summed E-state index contributed by atoms with van der Waals surface area (Å²) < 4.78 is 7.54. The fraction of sp³-hybridized carbons (Fsp3) is 0.857. The molecule has 1 aromatic rings. The first kappa shape index (κ1) is 14.5. The van der Waals surface area contributed by atoms with E-state index in [0.717, 1.165) is 37.8 Å². The van der Waals surface area contributed by atoms with Crippen molar-refractivity contribution in [3.63, 3.8) is 0 Å². The molecule has 108 valence electrons. The molecule has 2 unspecified atom stereocenters. The van der Waals surface area contributed by atoms with E-state index in [4.69, 9.17) is 9.72 Å². The molecule has 1 aliphatic heterocycles. The van der Waals surface area contributed by atoms with Gasteiger partial charge in [-0.1, -0.05) is 27.7 Å². The first-order valence-electron chi connectivity index (χ1n) is 7.16. The molecular formula is C14H26N4O. The van der Waals surface area contributed by atoms with E-state index in [2.05, 4.69) is 38.1 Å². The van der Waals surface area contributed by atoms with E-state index in [1.165, 1.54) is 0 Å². The second-order valence-electron chi connectivity index (χ2n) is 6.37. The molecule has 0 saturated carbocycles. The molecule has 2 rings (SSSR count). The highest BCUT2D eigenvalue weighted by Gasteiger charge is 2.34. The van der Waals surface area contributed by atoms with Crippen LogP contribution in [0.3, 0.4) is 0 Å². The lowest BCUT2D eigenvalue weighted by molar-refractivity contribution is 0.187. The molecule has 5 heteroatoms. The topological polar surface area (TPSA) is 52.0 Å². The van der Waals surface area contributed by atoms with Gasteiger partial charge in [-0.05, 0) is 13.0 Å². The SMILES string of the molecule is CCCNC1COCC1c1nc(C(C)(C)C)nn1C. The predicted molar refractivity (Wildman–Crippen MR) is 75.3 cm³/mol. The number of hydrogen-bond donors (Lipinski definition) is 1. The maximum absolute atomic E-state index is 5.63. The Morgan fingerprint density at radius 2 is 2.11 bits per heavy atom. The van der Waals surface area contributed by atoms with Gasteiger partial charge in [-0.25, -0.2) is 4.98 Å². The zero-order chi connectivity index (χ0) is 14.0. The van der Waals surface area contributed by atoms with Crippen molar-refractivity contribution in [1.29, 1.82) is 0 Å². The number of hydrogen-bond acceptors (Lipinski definition) is 4. The minimum absolute atomic E-state index is 0.0121. The Labute approximate surface area is 115 Å². The van der Waals surface area contributed by atoms with Crippen LogP contribution in [-0.4, -0.2) is 40.6 Å². The summed E-state index contributed by atoms with van der Waals surface area (Å²) in [7, 11) is 1.98. The van der Waals surface area contributed by atoms with Crippen molar-refractivity contribution in [2.24, 2.45) is 7.05 Å². The normalized spacial score (nSPS) is 24.1. The molecule has 0 spiro atoms. The van der Waals surface area contributed by atoms with Crippen molar-refractivity contribution in [1.82, 2.24) is 20.1 Å². The van der Waals surface area contributed by atoms with Gasteiger partial charge in [-0.3, -0.25) is 4.68 Å². The Morgan fingerprint density at radius 1 is 1.37 bits per heavy atom. The van der Waals surface area contributed by atoms with Crippen LogP contribution in [-0.2, 0) is 17.2 Å². The Hall–Kier alpha value is -0.940. The van der Waals surface area contributed by atoms with Crippen LogP contribution in [0.25, 0.3) is 0 Å². The first-order chi connectivity index (χ1) is 8.93. The maximum Gasteiger partial charge on any atom is 0.156 e. The molecule has 2 heterocycles. The second kappa shape index (κ2) is 5.59. The van der Waals surface area contributed by atoms with Crippen LogP contribution in [0.4, 0.5) is 0 Å². The highest BCUT2D eigenvalue weighted by atomic mass is 16.5. The molecule has 0 aromatic carbocycles. The number of nitrogens with one attached hydrogen (secondary N) is 1. The zero-order valence-electron chi connectivity index (χ0n) is 12.7. The highest BCUT2D eigenvalue weighted by Crippen LogP contribution is 2.27. The average Bonchev–Trinajstić information content (AvgIpc) is 2.91. The monoisotopic (exact) mass is 266 g/mol. The van der Waals surface area contributed by atoms with Crippen LogP contribution in [0.2, 0.25) is 0 Å². The van der Waals surface area contributed by atoms with Gasteiger partial charge in [-0.2, -0.15) is 5.10 Å². The van der Waals surface area contributed by atoms with E-state index >= 15 is 0 Å². The molecule has 1 saturated heterocycles. The molecule has 1 fully saturated rings. The number of aryl methyl sites for hydroxylation is 1. The van der Waals surface area contributed by atoms with Crippen molar-refractivity contribution in [2.75, 3.05) is 19.8 Å². The van der Waals surface area contributed by atoms with Crippen LogP contribution in [0.15, 0.2) is 0 Å². The Bertz CT molecular complexity index is 422. The molecule has 19 heavy (non-hydrogen) atoms. The minimum Gasteiger partial charge on any atom is -0.379 e. The molecule has 0 radical (unpaired) electrons. The van der Waals surface area contributed by atoms with Gasteiger partial charge in [0.05, 0.1) is 19.1 Å². The first-order valence-corrected chi connectivity index (χ1v) is 7.16. The van der Waals surface area contributed by atoms with Crippen molar-refractivity contribution >= 4 is 0 Å². The smallest absolute Gasteiger partial charge is 0.156 e. The van der Waals surface area contributed by atoms with E-state index in [0.29, 0.717) is 12.0 Å². The third-order valence-corrected chi connectivity index (χ3v) is 3.54. The molecular weight excluding hydrogens is 240 g/mol. The van der Waals surface area contributed by atoms with E-state index in [-0.39, 0.29) is 5.41 Å². The van der Waals surface area contributed by atoms with Crippen LogP contribution >= 0.6 is 0 Å². The number of aromatic nitrogens is 3. The van der Waals surface area contributed by atoms with E-state index < -0.39 is 0 Å². The molecule has 0 bridgehead atoms. The fourth-order valence-corrected chi connectivity index (χ4v) is 2.38. The lowest BCUT2D eigenvalue weighted by Crippen LogP contribution is -2.35. The second-order valence-corrected chi connectivity index (χ2v) is 6.37. The third-order valence-electron chi connectivity index (χ3n) is 3.54. The van der Waals surface area contributed by atoms with Gasteiger partial charge in [0.2, 0.25) is 0 Å². The van der Waals surface area contributed by atoms with Crippen molar-refractivity contribution < 1.29 is 4.74 Å². The van der Waals surface area contributed by atoms with E-state index in [1.54, 1.807) is 0 Å². The highest BCUT2D eigenvalue weighted by molar-refractivity contribution is 5.10. The molecule has 0 aliphatic carbocycles. The summed E-state index contributed by atoms with van der Waals surface area (Å²) in [4.78, 5) is 4.75. The summed E-state index contributed by atoms with van der Waals surface area (Å²) >= 11 is 0. The quantitative estimate of drug-likeness (QED) is 0.899. The molecule has 1 aliphatic rings. The lowest BCUT2D eigenvalue weighted by Gasteiger charge is -2.17. The number of rotatable bonds is 4. The number of ether oxygens (including phenoxy) is 1. The minimum atomic E-state index is -0.0121. The molecule has 2 atom stereocenters. The average molecular weight is 266 g/mol. The lowest BCUT2D eigenvalue weighted by atomic mass is 9.96. The summed E-state index contributed by atoms with van der Waals surface area (Å²) in [5.41, 5.74) is -0.0121.